The number of carbonyl (C=O) groups excluding carboxylic acids is 2. The van der Waals surface area contributed by atoms with Crippen molar-refractivity contribution in [1.82, 2.24) is 10.3 Å². The second-order valence-corrected chi connectivity index (χ2v) is 8.62. The number of rotatable bonds is 8. The van der Waals surface area contributed by atoms with Gasteiger partial charge in [-0.25, -0.2) is 4.39 Å². The van der Waals surface area contributed by atoms with Gasteiger partial charge < -0.3 is 10.1 Å². The summed E-state index contributed by atoms with van der Waals surface area (Å²) in [6.07, 6.45) is 6.60. The van der Waals surface area contributed by atoms with Crippen LogP contribution in [-0.4, -0.2) is 29.4 Å². The lowest BCUT2D eigenvalue weighted by Crippen LogP contribution is -2.47. The topological polar surface area (TPSA) is 71.5 Å². The predicted molar refractivity (Wildman–Crippen MR) is 133 cm³/mol. The summed E-state index contributed by atoms with van der Waals surface area (Å²) in [5, 5.41) is 3.15. The Kier molecular flexibility index (Phi) is 8.08. The summed E-state index contributed by atoms with van der Waals surface area (Å²) in [4.78, 5) is 33.3. The molecule has 7 heteroatoms. The molecule has 2 amide bonds. The molecule has 1 atom stereocenters. The maximum atomic E-state index is 13.9. The summed E-state index contributed by atoms with van der Waals surface area (Å²) >= 11 is 0. The lowest BCUT2D eigenvalue weighted by Gasteiger charge is -2.33. The molecule has 1 aromatic heterocycles. The highest BCUT2D eigenvalue weighted by molar-refractivity contribution is 6.09. The standard InChI is InChI=1S/C28H30FN3O3/c1-2-35-24-12-8-11-23(19-24)32(28(34)25-13-6-7-18-30-25)26(20-14-16-21(29)17-15-20)27(33)31-22-9-4-3-5-10-22/h6-8,11-19,22,26H,2-5,9-10H2,1H3,(H,31,33)/t26-/m1/s1. The van der Waals surface area contributed by atoms with Gasteiger partial charge in [-0.15, -0.1) is 0 Å². The molecule has 2 aromatic carbocycles. The molecule has 1 fully saturated rings. The Morgan fingerprint density at radius 3 is 2.51 bits per heavy atom. The highest BCUT2D eigenvalue weighted by Gasteiger charge is 2.35. The number of halogens is 1. The van der Waals surface area contributed by atoms with E-state index in [1.54, 1.807) is 54.6 Å². The zero-order valence-corrected chi connectivity index (χ0v) is 19.8. The van der Waals surface area contributed by atoms with E-state index in [0.717, 1.165) is 32.1 Å². The van der Waals surface area contributed by atoms with Crippen molar-refractivity contribution in [2.45, 2.75) is 51.1 Å². The summed E-state index contributed by atoms with van der Waals surface area (Å²) in [5.74, 6) is -0.586. The third kappa shape index (κ3) is 6.04. The van der Waals surface area contributed by atoms with Crippen molar-refractivity contribution in [2.24, 2.45) is 0 Å². The molecule has 0 aliphatic heterocycles. The highest BCUT2D eigenvalue weighted by atomic mass is 19.1. The molecule has 1 heterocycles. The van der Waals surface area contributed by atoms with Crippen LogP contribution in [0, 0.1) is 5.82 Å². The van der Waals surface area contributed by atoms with E-state index in [9.17, 15) is 14.0 Å². The van der Waals surface area contributed by atoms with Crippen LogP contribution in [-0.2, 0) is 4.79 Å². The van der Waals surface area contributed by atoms with Crippen molar-refractivity contribution in [3.8, 4) is 5.75 Å². The Hall–Kier alpha value is -3.74. The van der Waals surface area contributed by atoms with Gasteiger partial charge in [0.05, 0.1) is 6.61 Å². The van der Waals surface area contributed by atoms with E-state index >= 15 is 0 Å². The molecule has 1 saturated carbocycles. The number of pyridine rings is 1. The monoisotopic (exact) mass is 475 g/mol. The number of benzene rings is 2. The van der Waals surface area contributed by atoms with Crippen molar-refractivity contribution in [1.29, 1.82) is 0 Å². The lowest BCUT2D eigenvalue weighted by atomic mass is 9.94. The van der Waals surface area contributed by atoms with Gasteiger partial charge >= 0.3 is 0 Å². The first-order chi connectivity index (χ1) is 17.1. The summed E-state index contributed by atoms with van der Waals surface area (Å²) in [7, 11) is 0. The first kappa shape index (κ1) is 24.4. The van der Waals surface area contributed by atoms with Crippen molar-refractivity contribution < 1.29 is 18.7 Å². The average molecular weight is 476 g/mol. The molecule has 0 unspecified atom stereocenters. The number of hydrogen-bond donors (Lipinski definition) is 1. The van der Waals surface area contributed by atoms with Gasteiger partial charge in [0.2, 0.25) is 5.91 Å². The van der Waals surface area contributed by atoms with Gasteiger partial charge in [0, 0.05) is 24.0 Å². The number of ether oxygens (including phenoxy) is 1. The van der Waals surface area contributed by atoms with Crippen LogP contribution < -0.4 is 15.0 Å². The minimum absolute atomic E-state index is 0.0424. The van der Waals surface area contributed by atoms with Crippen LogP contribution >= 0.6 is 0 Å². The number of aromatic nitrogens is 1. The molecule has 0 bridgehead atoms. The van der Waals surface area contributed by atoms with E-state index in [0.29, 0.717) is 23.6 Å². The molecule has 1 aliphatic carbocycles. The fourth-order valence-corrected chi connectivity index (χ4v) is 4.48. The smallest absolute Gasteiger partial charge is 0.277 e. The minimum Gasteiger partial charge on any atom is -0.494 e. The number of nitrogens with one attached hydrogen (secondary N) is 1. The Balaban J connectivity index is 1.81. The summed E-state index contributed by atoms with van der Waals surface area (Å²) in [6, 6.07) is 16.8. The van der Waals surface area contributed by atoms with Crippen LogP contribution in [0.5, 0.6) is 5.75 Å². The predicted octanol–water partition coefficient (Wildman–Crippen LogP) is 5.46. The summed E-state index contributed by atoms with van der Waals surface area (Å²) < 4.78 is 19.5. The van der Waals surface area contributed by atoms with Gasteiger partial charge in [-0.3, -0.25) is 19.5 Å². The third-order valence-electron chi connectivity index (χ3n) is 6.15. The van der Waals surface area contributed by atoms with Crippen molar-refractivity contribution in [3.05, 3.63) is 90.0 Å². The molecule has 0 spiro atoms. The molecule has 0 radical (unpaired) electrons. The van der Waals surface area contributed by atoms with Gasteiger partial charge in [0.25, 0.3) is 5.91 Å². The number of anilines is 1. The van der Waals surface area contributed by atoms with Gasteiger partial charge in [0.1, 0.15) is 23.3 Å². The second kappa shape index (κ2) is 11.6. The third-order valence-corrected chi connectivity index (χ3v) is 6.15. The largest absolute Gasteiger partial charge is 0.494 e. The van der Waals surface area contributed by atoms with Crippen LogP contribution in [0.3, 0.4) is 0 Å². The van der Waals surface area contributed by atoms with Crippen molar-refractivity contribution in [3.63, 3.8) is 0 Å². The molecule has 1 N–H and O–H groups in total. The number of nitrogens with zero attached hydrogens (tertiary/aromatic N) is 2. The molecule has 182 valence electrons. The summed E-state index contributed by atoms with van der Waals surface area (Å²) in [6.45, 7) is 2.34. The van der Waals surface area contributed by atoms with Crippen LogP contribution in [0.2, 0.25) is 0 Å². The first-order valence-electron chi connectivity index (χ1n) is 12.1. The number of carbonyl (C=O) groups is 2. The zero-order chi connectivity index (χ0) is 24.6. The molecule has 3 aromatic rings. The van der Waals surface area contributed by atoms with Crippen LogP contribution in [0.1, 0.15) is 61.1 Å². The lowest BCUT2D eigenvalue weighted by molar-refractivity contribution is -0.123. The summed E-state index contributed by atoms with van der Waals surface area (Å²) in [5.41, 5.74) is 1.19. The van der Waals surface area contributed by atoms with Gasteiger partial charge in [-0.1, -0.05) is 43.5 Å². The Morgan fingerprint density at radius 1 is 1.06 bits per heavy atom. The Morgan fingerprint density at radius 2 is 1.83 bits per heavy atom. The molecular weight excluding hydrogens is 445 g/mol. The molecule has 35 heavy (non-hydrogen) atoms. The van der Waals surface area contributed by atoms with Gasteiger partial charge in [-0.2, -0.15) is 0 Å². The average Bonchev–Trinajstić information content (AvgIpc) is 2.89. The Bertz CT molecular complexity index is 1130. The first-order valence-corrected chi connectivity index (χ1v) is 12.1. The van der Waals surface area contributed by atoms with Crippen LogP contribution in [0.4, 0.5) is 10.1 Å². The van der Waals surface area contributed by atoms with Crippen molar-refractivity contribution >= 4 is 17.5 Å². The number of amides is 2. The maximum Gasteiger partial charge on any atom is 0.277 e. The van der Waals surface area contributed by atoms with Gasteiger partial charge in [0.15, 0.2) is 0 Å². The molecule has 4 rings (SSSR count). The van der Waals surface area contributed by atoms with E-state index < -0.39 is 17.8 Å². The molecular formula is C28H30FN3O3. The molecule has 0 saturated heterocycles. The SMILES string of the molecule is CCOc1cccc(N(C(=O)c2ccccn2)[C@@H](C(=O)NC2CCCCC2)c2ccc(F)cc2)c1. The minimum atomic E-state index is -1.02. The van der Waals surface area contributed by atoms with Crippen LogP contribution in [0.25, 0.3) is 0 Å². The quantitative estimate of drug-likeness (QED) is 0.470. The fraction of sp³-hybridized carbons (Fsp3) is 0.321. The number of hydrogen-bond acceptors (Lipinski definition) is 4. The van der Waals surface area contributed by atoms with E-state index in [1.165, 1.54) is 23.2 Å². The van der Waals surface area contributed by atoms with Crippen LogP contribution in [0.15, 0.2) is 72.9 Å². The van der Waals surface area contributed by atoms with Crippen molar-refractivity contribution in [2.75, 3.05) is 11.5 Å². The van der Waals surface area contributed by atoms with E-state index in [4.69, 9.17) is 4.74 Å². The molecule has 1 aliphatic rings. The normalized spacial score (nSPS) is 14.7. The second-order valence-electron chi connectivity index (χ2n) is 8.62. The van der Waals surface area contributed by atoms with E-state index in [1.807, 2.05) is 6.92 Å². The highest BCUT2D eigenvalue weighted by Crippen LogP contribution is 2.32. The molecule has 6 nitrogen and oxygen atoms in total. The maximum absolute atomic E-state index is 13.9. The van der Waals surface area contributed by atoms with Gasteiger partial charge in [-0.05, 0) is 61.7 Å². The zero-order valence-electron chi connectivity index (χ0n) is 19.8. The Labute approximate surface area is 205 Å². The van der Waals surface area contributed by atoms with E-state index in [2.05, 4.69) is 10.3 Å². The fourth-order valence-electron chi connectivity index (χ4n) is 4.48. The van der Waals surface area contributed by atoms with E-state index in [-0.39, 0.29) is 17.6 Å².